The lowest BCUT2D eigenvalue weighted by atomic mass is 10.2. The number of anilines is 1. The topological polar surface area (TPSA) is 29.9 Å². The number of aryl methyl sites for hydroxylation is 2. The maximum absolute atomic E-state index is 4.73. The van der Waals surface area contributed by atoms with Gasteiger partial charge in [0.1, 0.15) is 5.82 Å². The second-order valence-corrected chi connectivity index (χ2v) is 6.05. The van der Waals surface area contributed by atoms with E-state index in [0.29, 0.717) is 0 Å². The van der Waals surface area contributed by atoms with Crippen LogP contribution < -0.4 is 5.32 Å². The molecule has 0 aliphatic heterocycles. The van der Waals surface area contributed by atoms with Crippen LogP contribution in [0.15, 0.2) is 46.9 Å². The van der Waals surface area contributed by atoms with Gasteiger partial charge >= 0.3 is 0 Å². The highest BCUT2D eigenvalue weighted by Gasteiger charge is 2.08. The van der Waals surface area contributed by atoms with Crippen molar-refractivity contribution in [2.45, 2.75) is 26.9 Å². The van der Waals surface area contributed by atoms with E-state index in [9.17, 15) is 0 Å². The Labute approximate surface area is 133 Å². The summed E-state index contributed by atoms with van der Waals surface area (Å²) in [6.45, 7) is 5.89. The van der Waals surface area contributed by atoms with E-state index in [4.69, 9.17) is 4.98 Å². The summed E-state index contributed by atoms with van der Waals surface area (Å²) >= 11 is 3.53. The van der Waals surface area contributed by atoms with Crippen LogP contribution in [0.25, 0.3) is 11.0 Å². The number of aromatic nitrogens is 2. The zero-order valence-corrected chi connectivity index (χ0v) is 13.8. The zero-order valence-electron chi connectivity index (χ0n) is 12.2. The van der Waals surface area contributed by atoms with Crippen molar-refractivity contribution < 1.29 is 0 Å². The van der Waals surface area contributed by atoms with Crippen LogP contribution in [-0.4, -0.2) is 9.55 Å². The summed E-state index contributed by atoms with van der Waals surface area (Å²) < 4.78 is 3.35. The Morgan fingerprint density at radius 2 is 2.00 bits per heavy atom. The molecule has 3 nitrogen and oxygen atoms in total. The molecule has 1 heterocycles. The van der Waals surface area contributed by atoms with Crippen LogP contribution in [0.5, 0.6) is 0 Å². The van der Waals surface area contributed by atoms with Gasteiger partial charge in [-0.2, -0.15) is 0 Å². The maximum atomic E-state index is 4.73. The number of nitrogens with one attached hydrogen (secondary N) is 1. The molecule has 0 unspecified atom stereocenters. The van der Waals surface area contributed by atoms with Crippen molar-refractivity contribution in [2.75, 3.05) is 5.32 Å². The van der Waals surface area contributed by atoms with Crippen molar-refractivity contribution in [2.24, 2.45) is 0 Å². The lowest BCUT2D eigenvalue weighted by molar-refractivity contribution is 0.729. The molecule has 0 spiro atoms. The number of imidazole rings is 1. The van der Waals surface area contributed by atoms with Crippen LogP contribution in [0.1, 0.15) is 18.3 Å². The fraction of sp³-hybridized carbons (Fsp3) is 0.235. The molecule has 3 aromatic rings. The summed E-state index contributed by atoms with van der Waals surface area (Å²) in [5.74, 6) is 1.07. The van der Waals surface area contributed by atoms with Gasteiger partial charge in [0.15, 0.2) is 0 Å². The van der Waals surface area contributed by atoms with Crippen LogP contribution in [-0.2, 0) is 13.1 Å². The highest BCUT2D eigenvalue weighted by Crippen LogP contribution is 2.21. The standard InChI is InChI=1S/C17H18BrN3/c1-3-21-16-7-5-4-6-15(16)20-17(21)11-19-14-9-12(2)8-13(18)10-14/h4-10,19H,3,11H2,1-2H3. The molecule has 0 bridgehead atoms. The lowest BCUT2D eigenvalue weighted by Crippen LogP contribution is -2.08. The number of halogens is 1. The molecule has 0 fully saturated rings. The molecule has 21 heavy (non-hydrogen) atoms. The molecular weight excluding hydrogens is 326 g/mol. The SMILES string of the molecule is CCn1c(CNc2cc(C)cc(Br)c2)nc2ccccc21. The number of hydrogen-bond donors (Lipinski definition) is 1. The molecule has 0 aliphatic rings. The van der Waals surface area contributed by atoms with Gasteiger partial charge in [0.25, 0.3) is 0 Å². The van der Waals surface area contributed by atoms with Crippen LogP contribution >= 0.6 is 15.9 Å². The summed E-state index contributed by atoms with van der Waals surface area (Å²) in [6, 6.07) is 14.6. The Morgan fingerprint density at radius 3 is 2.76 bits per heavy atom. The van der Waals surface area contributed by atoms with Gasteiger partial charge in [-0.15, -0.1) is 0 Å². The minimum Gasteiger partial charge on any atom is -0.378 e. The van der Waals surface area contributed by atoms with E-state index in [0.717, 1.165) is 34.6 Å². The first-order chi connectivity index (χ1) is 10.2. The zero-order chi connectivity index (χ0) is 14.8. The molecule has 3 rings (SSSR count). The van der Waals surface area contributed by atoms with Gasteiger partial charge in [0.05, 0.1) is 17.6 Å². The average Bonchev–Trinajstić information content (AvgIpc) is 2.81. The van der Waals surface area contributed by atoms with E-state index in [1.807, 2.05) is 6.07 Å². The van der Waals surface area contributed by atoms with Crippen molar-refractivity contribution in [1.82, 2.24) is 9.55 Å². The van der Waals surface area contributed by atoms with Gasteiger partial charge in [-0.3, -0.25) is 0 Å². The third-order valence-electron chi connectivity index (χ3n) is 3.54. The van der Waals surface area contributed by atoms with Crippen LogP contribution in [0.2, 0.25) is 0 Å². The largest absolute Gasteiger partial charge is 0.378 e. The summed E-state index contributed by atoms with van der Waals surface area (Å²) in [6.07, 6.45) is 0. The fourth-order valence-corrected chi connectivity index (χ4v) is 3.24. The smallest absolute Gasteiger partial charge is 0.129 e. The quantitative estimate of drug-likeness (QED) is 0.741. The predicted octanol–water partition coefficient (Wildman–Crippen LogP) is 4.74. The van der Waals surface area contributed by atoms with Crippen molar-refractivity contribution in [1.29, 1.82) is 0 Å². The molecule has 0 atom stereocenters. The van der Waals surface area contributed by atoms with Crippen molar-refractivity contribution in [3.05, 3.63) is 58.3 Å². The van der Waals surface area contributed by atoms with E-state index >= 15 is 0 Å². The predicted molar refractivity (Wildman–Crippen MR) is 91.6 cm³/mol. The van der Waals surface area contributed by atoms with Crippen LogP contribution in [0.3, 0.4) is 0 Å². The normalized spacial score (nSPS) is 11.0. The molecule has 0 radical (unpaired) electrons. The molecule has 0 amide bonds. The average molecular weight is 344 g/mol. The Hall–Kier alpha value is -1.81. The number of nitrogens with zero attached hydrogens (tertiary/aromatic N) is 2. The second-order valence-electron chi connectivity index (χ2n) is 5.13. The lowest BCUT2D eigenvalue weighted by Gasteiger charge is -2.10. The fourth-order valence-electron chi connectivity index (χ4n) is 2.63. The van der Waals surface area contributed by atoms with E-state index in [-0.39, 0.29) is 0 Å². The summed E-state index contributed by atoms with van der Waals surface area (Å²) in [5.41, 5.74) is 4.59. The van der Waals surface area contributed by atoms with Crippen molar-refractivity contribution in [3.8, 4) is 0 Å². The van der Waals surface area contributed by atoms with Gasteiger partial charge in [-0.1, -0.05) is 28.1 Å². The molecule has 2 aromatic carbocycles. The Kier molecular flexibility index (Phi) is 3.97. The Bertz CT molecular complexity index is 757. The van der Waals surface area contributed by atoms with Crippen molar-refractivity contribution in [3.63, 3.8) is 0 Å². The van der Waals surface area contributed by atoms with Gasteiger partial charge in [0.2, 0.25) is 0 Å². The van der Waals surface area contributed by atoms with Crippen molar-refractivity contribution >= 4 is 32.7 Å². The van der Waals surface area contributed by atoms with E-state index in [1.54, 1.807) is 0 Å². The number of fused-ring (bicyclic) bond motifs is 1. The van der Waals surface area contributed by atoms with Gasteiger partial charge in [-0.05, 0) is 49.7 Å². The highest BCUT2D eigenvalue weighted by molar-refractivity contribution is 9.10. The minimum atomic E-state index is 0.721. The number of rotatable bonds is 4. The first-order valence-electron chi connectivity index (χ1n) is 7.12. The Balaban J connectivity index is 1.88. The second kappa shape index (κ2) is 5.90. The van der Waals surface area contributed by atoms with E-state index in [2.05, 4.69) is 76.1 Å². The molecule has 4 heteroatoms. The first kappa shape index (κ1) is 14.1. The number of para-hydroxylation sites is 2. The molecule has 108 valence electrons. The van der Waals surface area contributed by atoms with Gasteiger partial charge < -0.3 is 9.88 Å². The highest BCUT2D eigenvalue weighted by atomic mass is 79.9. The summed E-state index contributed by atoms with van der Waals surface area (Å²) in [4.78, 5) is 4.73. The van der Waals surface area contributed by atoms with E-state index in [1.165, 1.54) is 11.1 Å². The molecule has 0 aliphatic carbocycles. The Morgan fingerprint density at radius 1 is 1.19 bits per heavy atom. The first-order valence-corrected chi connectivity index (χ1v) is 7.92. The molecule has 1 N–H and O–H groups in total. The minimum absolute atomic E-state index is 0.721. The molecule has 0 saturated heterocycles. The monoisotopic (exact) mass is 343 g/mol. The third-order valence-corrected chi connectivity index (χ3v) is 4.00. The van der Waals surface area contributed by atoms with Crippen LogP contribution in [0.4, 0.5) is 5.69 Å². The maximum Gasteiger partial charge on any atom is 0.129 e. The van der Waals surface area contributed by atoms with Gasteiger partial charge in [-0.25, -0.2) is 4.98 Å². The number of benzene rings is 2. The molecular formula is C17H18BrN3. The third kappa shape index (κ3) is 2.95. The molecule has 0 saturated carbocycles. The number of hydrogen-bond acceptors (Lipinski definition) is 2. The van der Waals surface area contributed by atoms with Crippen LogP contribution in [0, 0.1) is 6.92 Å². The van der Waals surface area contributed by atoms with Gasteiger partial charge in [0, 0.05) is 16.7 Å². The summed E-state index contributed by atoms with van der Waals surface area (Å²) in [7, 11) is 0. The summed E-state index contributed by atoms with van der Waals surface area (Å²) in [5, 5.41) is 3.46. The van der Waals surface area contributed by atoms with E-state index < -0.39 is 0 Å². The molecule has 1 aromatic heterocycles.